The molecule has 4 aromatic carbocycles. The number of nitrogens with zero attached hydrogens (tertiary/aromatic N) is 2. The molecule has 0 unspecified atom stereocenters. The van der Waals surface area contributed by atoms with E-state index in [9.17, 15) is 18.8 Å². The van der Waals surface area contributed by atoms with Gasteiger partial charge in [0.1, 0.15) is 11.7 Å². The molecule has 2 fully saturated rings. The smallest absolute Gasteiger partial charge is 0.343 e. The second-order valence-electron chi connectivity index (χ2n) is 9.45. The normalized spacial score (nSPS) is 19.8. The van der Waals surface area contributed by atoms with E-state index < -0.39 is 41.7 Å². The van der Waals surface area contributed by atoms with E-state index in [1.165, 1.54) is 31.4 Å². The Balaban J connectivity index is 1.36. The third-order valence-corrected chi connectivity index (χ3v) is 7.27. The van der Waals surface area contributed by atoms with Crippen LogP contribution in [0.25, 0.3) is 0 Å². The topological polar surface area (TPSA) is 85.4 Å². The van der Waals surface area contributed by atoms with Gasteiger partial charge in [-0.2, -0.15) is 0 Å². The number of esters is 1. The van der Waals surface area contributed by atoms with E-state index in [4.69, 9.17) is 25.9 Å². The van der Waals surface area contributed by atoms with Gasteiger partial charge >= 0.3 is 5.97 Å². The highest BCUT2D eigenvalue weighted by Crippen LogP contribution is 2.48. The summed E-state index contributed by atoms with van der Waals surface area (Å²) in [7, 11) is 1.42. The Morgan fingerprint density at radius 1 is 0.854 bits per heavy atom. The van der Waals surface area contributed by atoms with Gasteiger partial charge in [0, 0.05) is 5.02 Å². The molecule has 2 heterocycles. The minimum atomic E-state index is -1.06. The largest absolute Gasteiger partial charge is 0.493 e. The number of halogens is 2. The zero-order valence-electron chi connectivity index (χ0n) is 21.6. The van der Waals surface area contributed by atoms with Crippen molar-refractivity contribution >= 4 is 40.8 Å². The molecule has 2 aliphatic heterocycles. The van der Waals surface area contributed by atoms with Crippen LogP contribution in [0.1, 0.15) is 22.0 Å². The first-order valence-electron chi connectivity index (χ1n) is 12.7. The van der Waals surface area contributed by atoms with Crippen LogP contribution >= 0.6 is 11.6 Å². The van der Waals surface area contributed by atoms with Gasteiger partial charge in [0.15, 0.2) is 17.6 Å². The molecule has 6 rings (SSSR count). The maximum Gasteiger partial charge on any atom is 0.343 e. The Kier molecular flexibility index (Phi) is 6.90. The zero-order valence-corrected chi connectivity index (χ0v) is 22.3. The molecule has 10 heteroatoms. The molecule has 4 aromatic rings. The first kappa shape index (κ1) is 26.5. The highest BCUT2D eigenvalue weighted by atomic mass is 35.5. The lowest BCUT2D eigenvalue weighted by Gasteiger charge is -2.29. The van der Waals surface area contributed by atoms with Crippen molar-refractivity contribution in [2.75, 3.05) is 17.1 Å². The number of hydroxylamine groups is 1. The fourth-order valence-electron chi connectivity index (χ4n) is 5.09. The molecule has 0 saturated carbocycles. The average molecular weight is 573 g/mol. The molecule has 0 bridgehead atoms. The highest BCUT2D eigenvalue weighted by molar-refractivity contribution is 6.31. The van der Waals surface area contributed by atoms with E-state index >= 15 is 0 Å². The van der Waals surface area contributed by atoms with Gasteiger partial charge in [-0.1, -0.05) is 35.9 Å². The van der Waals surface area contributed by atoms with E-state index in [0.29, 0.717) is 22.0 Å². The lowest BCUT2D eigenvalue weighted by atomic mass is 9.90. The predicted molar refractivity (Wildman–Crippen MR) is 148 cm³/mol. The van der Waals surface area contributed by atoms with Gasteiger partial charge in [-0.25, -0.2) is 19.1 Å². The Labute approximate surface area is 239 Å². The number of carbonyl (C=O) groups excluding carboxylic acids is 3. The van der Waals surface area contributed by atoms with Gasteiger partial charge < -0.3 is 9.47 Å². The van der Waals surface area contributed by atoms with Crippen LogP contribution in [0.4, 0.5) is 15.8 Å². The van der Waals surface area contributed by atoms with E-state index in [-0.39, 0.29) is 17.1 Å². The standard InChI is InChI=1S/C31H22ClFN2O6/c1-39-25-17-19(9-16-24(25)40-31(38)18-7-12-21(33)13-8-18)27-26-28(41-35(27)23-5-3-2-4-6-23)30(37)34(29(26)36)22-14-10-20(32)11-15-22/h2-17,26-28H,1H3/t26-,27-,28+/m1/s1. The average Bonchev–Trinajstić information content (AvgIpc) is 3.50. The Morgan fingerprint density at radius 2 is 1.56 bits per heavy atom. The summed E-state index contributed by atoms with van der Waals surface area (Å²) in [5.74, 6) is -2.60. The van der Waals surface area contributed by atoms with Gasteiger partial charge in [-0.15, -0.1) is 0 Å². The van der Waals surface area contributed by atoms with Crippen molar-refractivity contribution < 1.29 is 33.1 Å². The molecule has 3 atom stereocenters. The summed E-state index contributed by atoms with van der Waals surface area (Å²) in [6.45, 7) is 0. The van der Waals surface area contributed by atoms with Crippen LogP contribution in [0, 0.1) is 11.7 Å². The molecule has 0 aliphatic carbocycles. The number of hydrogen-bond acceptors (Lipinski definition) is 7. The summed E-state index contributed by atoms with van der Waals surface area (Å²) >= 11 is 6.01. The zero-order chi connectivity index (χ0) is 28.7. The number of anilines is 2. The fraction of sp³-hybridized carbons (Fsp3) is 0.129. The number of amides is 2. The molecule has 0 N–H and O–H groups in total. The van der Waals surface area contributed by atoms with Crippen LogP contribution in [-0.4, -0.2) is 31.0 Å². The second-order valence-corrected chi connectivity index (χ2v) is 9.89. The molecule has 0 spiro atoms. The number of para-hydroxylation sites is 1. The van der Waals surface area contributed by atoms with Crippen LogP contribution in [0.15, 0.2) is 97.1 Å². The number of imide groups is 1. The maximum atomic E-state index is 13.8. The first-order valence-corrected chi connectivity index (χ1v) is 13.0. The maximum absolute atomic E-state index is 13.8. The third kappa shape index (κ3) is 4.79. The van der Waals surface area contributed by atoms with E-state index in [2.05, 4.69) is 0 Å². The summed E-state index contributed by atoms with van der Waals surface area (Å²) in [6, 6.07) is 24.7. The number of fused-ring (bicyclic) bond motifs is 1. The molecule has 8 nitrogen and oxygen atoms in total. The van der Waals surface area contributed by atoms with Crippen molar-refractivity contribution in [3.8, 4) is 11.5 Å². The van der Waals surface area contributed by atoms with E-state index in [1.54, 1.807) is 47.5 Å². The fourth-order valence-corrected chi connectivity index (χ4v) is 5.22. The number of ether oxygens (including phenoxy) is 2. The number of methoxy groups -OCH3 is 1. The van der Waals surface area contributed by atoms with Crippen molar-refractivity contribution in [2.45, 2.75) is 12.1 Å². The Hall–Kier alpha value is -4.73. The summed E-state index contributed by atoms with van der Waals surface area (Å²) in [5, 5.41) is 2.04. The van der Waals surface area contributed by atoms with Crippen LogP contribution in [0.5, 0.6) is 11.5 Å². The molecular weight excluding hydrogens is 551 g/mol. The van der Waals surface area contributed by atoms with Crippen molar-refractivity contribution in [3.05, 3.63) is 119 Å². The molecule has 206 valence electrons. The lowest BCUT2D eigenvalue weighted by Crippen LogP contribution is -2.37. The molecule has 2 amide bonds. The summed E-state index contributed by atoms with van der Waals surface area (Å²) < 4.78 is 24.3. The summed E-state index contributed by atoms with van der Waals surface area (Å²) in [4.78, 5) is 47.3. The van der Waals surface area contributed by atoms with Gasteiger partial charge in [0.25, 0.3) is 5.91 Å². The molecule has 2 saturated heterocycles. The number of carbonyl (C=O) groups is 3. The van der Waals surface area contributed by atoms with Crippen LogP contribution in [-0.2, 0) is 14.4 Å². The van der Waals surface area contributed by atoms with Gasteiger partial charge in [0.05, 0.1) is 30.1 Å². The monoisotopic (exact) mass is 572 g/mol. The van der Waals surface area contributed by atoms with Gasteiger partial charge in [-0.3, -0.25) is 14.4 Å². The van der Waals surface area contributed by atoms with E-state index in [1.807, 2.05) is 30.3 Å². The molecule has 41 heavy (non-hydrogen) atoms. The minimum Gasteiger partial charge on any atom is -0.493 e. The number of hydrogen-bond donors (Lipinski definition) is 0. The molecule has 2 aliphatic rings. The SMILES string of the molecule is COc1cc([C@@H]2[C@H]3C(=O)N(c4ccc(Cl)cc4)C(=O)[C@H]3ON2c2ccccc2)ccc1OC(=O)c1ccc(F)cc1. The Morgan fingerprint density at radius 3 is 2.24 bits per heavy atom. The van der Waals surface area contributed by atoms with Crippen molar-refractivity contribution in [2.24, 2.45) is 5.92 Å². The number of rotatable bonds is 6. The third-order valence-electron chi connectivity index (χ3n) is 7.02. The number of benzene rings is 4. The van der Waals surface area contributed by atoms with Crippen molar-refractivity contribution in [1.82, 2.24) is 0 Å². The molecule has 0 radical (unpaired) electrons. The summed E-state index contributed by atoms with van der Waals surface area (Å²) in [5.41, 5.74) is 1.81. The highest BCUT2D eigenvalue weighted by Gasteiger charge is 2.60. The van der Waals surface area contributed by atoms with Crippen LogP contribution < -0.4 is 19.4 Å². The Bertz CT molecular complexity index is 1630. The molecule has 0 aromatic heterocycles. The first-order chi connectivity index (χ1) is 19.9. The second kappa shape index (κ2) is 10.7. The van der Waals surface area contributed by atoms with Crippen molar-refractivity contribution in [3.63, 3.8) is 0 Å². The van der Waals surface area contributed by atoms with Crippen molar-refractivity contribution in [1.29, 1.82) is 0 Å². The van der Waals surface area contributed by atoms with E-state index in [0.717, 1.165) is 4.90 Å². The lowest BCUT2D eigenvalue weighted by molar-refractivity contribution is -0.126. The quantitative estimate of drug-likeness (QED) is 0.165. The van der Waals surface area contributed by atoms with Gasteiger partial charge in [-0.05, 0) is 78.4 Å². The summed E-state index contributed by atoms with van der Waals surface area (Å²) in [6.07, 6.45) is -1.06. The molecular formula is C31H22ClFN2O6. The van der Waals surface area contributed by atoms with Crippen LogP contribution in [0.2, 0.25) is 5.02 Å². The van der Waals surface area contributed by atoms with Gasteiger partial charge in [0.2, 0.25) is 5.91 Å². The predicted octanol–water partition coefficient (Wildman–Crippen LogP) is 5.76. The minimum absolute atomic E-state index is 0.129. The van der Waals surface area contributed by atoms with Crippen LogP contribution in [0.3, 0.4) is 0 Å².